The summed E-state index contributed by atoms with van der Waals surface area (Å²) in [5, 5.41) is 3.51. The first kappa shape index (κ1) is 25.5. The maximum absolute atomic E-state index is 12.7. The van der Waals surface area contributed by atoms with E-state index in [2.05, 4.69) is 32.2 Å². The van der Waals surface area contributed by atoms with E-state index in [1.54, 1.807) is 24.3 Å². The van der Waals surface area contributed by atoms with Crippen molar-refractivity contribution >= 4 is 27.5 Å². The summed E-state index contributed by atoms with van der Waals surface area (Å²) < 4.78 is 32.9. The van der Waals surface area contributed by atoms with Gasteiger partial charge >= 0.3 is 0 Å². The molecule has 2 aromatic rings. The number of hydrogen-bond acceptors (Lipinski definition) is 4. The van der Waals surface area contributed by atoms with Gasteiger partial charge in [-0.05, 0) is 47.6 Å². The predicted octanol–water partition coefficient (Wildman–Crippen LogP) is 4.37. The van der Waals surface area contributed by atoms with Crippen molar-refractivity contribution in [2.75, 3.05) is 26.2 Å². The lowest BCUT2D eigenvalue weighted by atomic mass is 9.86. The second kappa shape index (κ2) is 10.9. The van der Waals surface area contributed by atoms with Gasteiger partial charge in [-0.2, -0.15) is 0 Å². The van der Waals surface area contributed by atoms with Crippen LogP contribution in [-0.4, -0.2) is 44.9 Å². The van der Waals surface area contributed by atoms with E-state index in [0.717, 1.165) is 11.3 Å². The minimum Gasteiger partial charge on any atom is -0.491 e. The normalized spacial score (nSPS) is 15.9. The van der Waals surface area contributed by atoms with Gasteiger partial charge in [0, 0.05) is 24.0 Å². The Balaban J connectivity index is 1.43. The first-order valence-corrected chi connectivity index (χ1v) is 13.3. The lowest BCUT2D eigenvalue weighted by Crippen LogP contribution is -2.43. The van der Waals surface area contributed by atoms with E-state index in [1.807, 2.05) is 18.2 Å². The number of hydrogen-bond donors (Lipinski definition) is 1. The third-order valence-electron chi connectivity index (χ3n) is 5.83. The van der Waals surface area contributed by atoms with Crippen molar-refractivity contribution in [3.8, 4) is 5.75 Å². The summed E-state index contributed by atoms with van der Waals surface area (Å²) in [5.41, 5.74) is 1.80. The van der Waals surface area contributed by atoms with Crippen LogP contribution in [0.1, 0.15) is 44.7 Å². The summed E-state index contributed by atoms with van der Waals surface area (Å²) in [7, 11) is -3.43. The summed E-state index contributed by atoms with van der Waals surface area (Å²) >= 11 is 5.87. The molecule has 0 radical (unpaired) electrons. The SMILES string of the molecule is CC(C)(C)c1ccccc1OCCNC(=O)C1CCN(S(=O)(=O)Cc2ccc(Cl)cc2)CC1. The molecular weight excluding hydrogens is 460 g/mol. The predicted molar refractivity (Wildman–Crippen MR) is 132 cm³/mol. The Kier molecular flexibility index (Phi) is 8.43. The van der Waals surface area contributed by atoms with Crippen LogP contribution in [0.3, 0.4) is 0 Å². The molecule has 0 bridgehead atoms. The molecule has 1 aliphatic rings. The van der Waals surface area contributed by atoms with Crippen LogP contribution in [0.5, 0.6) is 5.75 Å². The average Bonchev–Trinajstić information content (AvgIpc) is 2.78. The number of para-hydroxylation sites is 1. The molecule has 0 spiro atoms. The van der Waals surface area contributed by atoms with Gasteiger partial charge in [0.1, 0.15) is 12.4 Å². The molecule has 0 unspecified atom stereocenters. The molecule has 0 saturated carbocycles. The fourth-order valence-corrected chi connectivity index (χ4v) is 5.66. The highest BCUT2D eigenvalue weighted by Gasteiger charge is 2.31. The standard InChI is InChI=1S/C25H33ClN2O4S/c1-25(2,3)22-6-4-5-7-23(22)32-17-14-27-24(29)20-12-15-28(16-13-20)33(30,31)18-19-8-10-21(26)11-9-19/h4-11,20H,12-18H2,1-3H3,(H,27,29). The molecule has 0 aliphatic carbocycles. The topological polar surface area (TPSA) is 75.7 Å². The van der Waals surface area contributed by atoms with Crippen molar-refractivity contribution in [1.29, 1.82) is 0 Å². The Morgan fingerprint density at radius 2 is 1.73 bits per heavy atom. The highest BCUT2D eigenvalue weighted by atomic mass is 35.5. The fraction of sp³-hybridized carbons (Fsp3) is 0.480. The lowest BCUT2D eigenvalue weighted by molar-refractivity contribution is -0.126. The number of ether oxygens (including phenoxy) is 1. The zero-order valence-corrected chi connectivity index (χ0v) is 21.1. The van der Waals surface area contributed by atoms with E-state index in [9.17, 15) is 13.2 Å². The van der Waals surface area contributed by atoms with Crippen LogP contribution in [-0.2, 0) is 26.0 Å². The van der Waals surface area contributed by atoms with Crippen molar-refractivity contribution in [3.05, 3.63) is 64.7 Å². The quantitative estimate of drug-likeness (QED) is 0.555. The van der Waals surface area contributed by atoms with Crippen LogP contribution in [0.25, 0.3) is 0 Å². The molecule has 2 aromatic carbocycles. The highest BCUT2D eigenvalue weighted by molar-refractivity contribution is 7.88. The van der Waals surface area contributed by atoms with Crippen LogP contribution < -0.4 is 10.1 Å². The van der Waals surface area contributed by atoms with Gasteiger partial charge in [0.05, 0.1) is 12.3 Å². The second-order valence-corrected chi connectivity index (χ2v) is 11.8. The van der Waals surface area contributed by atoms with Gasteiger partial charge in [0.2, 0.25) is 15.9 Å². The fourth-order valence-electron chi connectivity index (χ4n) is 3.97. The largest absolute Gasteiger partial charge is 0.491 e. The van der Waals surface area contributed by atoms with Gasteiger partial charge in [-0.15, -0.1) is 0 Å². The van der Waals surface area contributed by atoms with Crippen molar-refractivity contribution < 1.29 is 17.9 Å². The first-order valence-electron chi connectivity index (χ1n) is 11.3. The van der Waals surface area contributed by atoms with Crippen LogP contribution >= 0.6 is 11.6 Å². The van der Waals surface area contributed by atoms with Crippen LogP contribution in [0.2, 0.25) is 5.02 Å². The third-order valence-corrected chi connectivity index (χ3v) is 7.94. The van der Waals surface area contributed by atoms with E-state index in [4.69, 9.17) is 16.3 Å². The zero-order chi connectivity index (χ0) is 24.1. The number of carbonyl (C=O) groups is 1. The summed E-state index contributed by atoms with van der Waals surface area (Å²) in [6.07, 6.45) is 1.03. The highest BCUT2D eigenvalue weighted by Crippen LogP contribution is 2.30. The zero-order valence-electron chi connectivity index (χ0n) is 19.5. The second-order valence-electron chi connectivity index (χ2n) is 9.44. The molecule has 3 rings (SSSR count). The minimum absolute atomic E-state index is 0.0261. The number of nitrogens with zero attached hydrogens (tertiary/aromatic N) is 1. The Labute approximate surface area is 202 Å². The van der Waals surface area contributed by atoms with Gasteiger partial charge in [0.25, 0.3) is 0 Å². The molecule has 180 valence electrons. The van der Waals surface area contributed by atoms with E-state index in [0.29, 0.717) is 49.7 Å². The maximum Gasteiger partial charge on any atom is 0.223 e. The molecule has 1 amide bonds. The van der Waals surface area contributed by atoms with Crippen LogP contribution in [0.4, 0.5) is 0 Å². The van der Waals surface area contributed by atoms with Gasteiger partial charge < -0.3 is 10.1 Å². The summed E-state index contributed by atoms with van der Waals surface area (Å²) in [6, 6.07) is 14.8. The molecule has 8 heteroatoms. The van der Waals surface area contributed by atoms with Gasteiger partial charge in [-0.25, -0.2) is 12.7 Å². The Morgan fingerprint density at radius 3 is 2.36 bits per heavy atom. The summed E-state index contributed by atoms with van der Waals surface area (Å²) in [6.45, 7) is 7.91. The number of nitrogens with one attached hydrogen (secondary N) is 1. The molecule has 0 aromatic heterocycles. The summed E-state index contributed by atoms with van der Waals surface area (Å²) in [5.74, 6) is 0.541. The molecular formula is C25H33ClN2O4S. The van der Waals surface area contributed by atoms with Gasteiger partial charge in [-0.3, -0.25) is 4.79 Å². The molecule has 6 nitrogen and oxygen atoms in total. The summed E-state index contributed by atoms with van der Waals surface area (Å²) in [4.78, 5) is 12.6. The number of amides is 1. The maximum atomic E-state index is 12.7. The molecule has 1 heterocycles. The Morgan fingerprint density at radius 1 is 1.09 bits per heavy atom. The average molecular weight is 493 g/mol. The van der Waals surface area contributed by atoms with E-state index in [-0.39, 0.29) is 23.0 Å². The number of carbonyl (C=O) groups excluding carboxylic acids is 1. The smallest absolute Gasteiger partial charge is 0.223 e. The van der Waals surface area contributed by atoms with Gasteiger partial charge in [-0.1, -0.05) is 62.7 Å². The van der Waals surface area contributed by atoms with E-state index < -0.39 is 10.0 Å². The van der Waals surface area contributed by atoms with Crippen molar-refractivity contribution in [2.24, 2.45) is 5.92 Å². The number of rotatable bonds is 8. The number of piperidine rings is 1. The minimum atomic E-state index is -3.43. The number of benzene rings is 2. The van der Waals surface area contributed by atoms with Crippen molar-refractivity contribution in [3.63, 3.8) is 0 Å². The van der Waals surface area contributed by atoms with E-state index in [1.165, 1.54) is 4.31 Å². The first-order chi connectivity index (χ1) is 15.6. The third kappa shape index (κ3) is 7.19. The molecule has 1 aliphatic heterocycles. The molecule has 1 fully saturated rings. The van der Waals surface area contributed by atoms with Crippen molar-refractivity contribution in [1.82, 2.24) is 9.62 Å². The lowest BCUT2D eigenvalue weighted by Gasteiger charge is -2.30. The molecule has 33 heavy (non-hydrogen) atoms. The van der Waals surface area contributed by atoms with Crippen molar-refractivity contribution in [2.45, 2.75) is 44.8 Å². The van der Waals surface area contributed by atoms with Crippen LogP contribution in [0.15, 0.2) is 48.5 Å². The molecule has 0 atom stereocenters. The monoisotopic (exact) mass is 492 g/mol. The molecule has 1 N–H and O–H groups in total. The Hall–Kier alpha value is -2.09. The Bertz CT molecular complexity index is 1040. The number of sulfonamides is 1. The van der Waals surface area contributed by atoms with E-state index >= 15 is 0 Å². The number of halogens is 1. The van der Waals surface area contributed by atoms with Gasteiger partial charge in [0.15, 0.2) is 0 Å². The molecule has 1 saturated heterocycles. The van der Waals surface area contributed by atoms with Crippen LogP contribution in [0, 0.1) is 5.92 Å².